The Morgan fingerprint density at radius 2 is 1.81 bits per heavy atom. The van der Waals surface area contributed by atoms with E-state index in [4.69, 9.17) is 4.74 Å². The first-order valence-electron chi connectivity index (χ1n) is 8.82. The summed E-state index contributed by atoms with van der Waals surface area (Å²) >= 11 is 0. The normalized spacial score (nSPS) is 18.0. The number of amides is 1. The highest BCUT2D eigenvalue weighted by molar-refractivity contribution is 7.89. The van der Waals surface area contributed by atoms with Gasteiger partial charge in [-0.1, -0.05) is 24.3 Å². The van der Waals surface area contributed by atoms with Crippen LogP contribution in [0.15, 0.2) is 47.4 Å². The number of nitrogens with zero attached hydrogens (tertiary/aromatic N) is 1. The van der Waals surface area contributed by atoms with E-state index in [1.165, 1.54) is 0 Å². The van der Waals surface area contributed by atoms with E-state index < -0.39 is 16.1 Å². The van der Waals surface area contributed by atoms with Crippen LogP contribution in [-0.2, 0) is 19.6 Å². The Bertz CT molecular complexity index is 956. The smallest absolute Gasteiger partial charge is 0.253 e. The number of anilines is 1. The van der Waals surface area contributed by atoms with E-state index in [0.717, 1.165) is 16.8 Å². The lowest BCUT2D eigenvalue weighted by Crippen LogP contribution is -2.50. The van der Waals surface area contributed by atoms with Gasteiger partial charge in [-0.05, 0) is 55.7 Å². The molecule has 3 rings (SSSR count). The molecule has 0 spiro atoms. The minimum absolute atomic E-state index is 0.0658. The lowest BCUT2D eigenvalue weighted by atomic mass is 10.1. The van der Waals surface area contributed by atoms with Crippen molar-refractivity contribution in [3.8, 4) is 0 Å². The third kappa shape index (κ3) is 4.37. The third-order valence-corrected chi connectivity index (χ3v) is 6.40. The summed E-state index contributed by atoms with van der Waals surface area (Å²) in [5.74, 6) is -0.128. The summed E-state index contributed by atoms with van der Waals surface area (Å²) in [6, 6.07) is 12.7. The quantitative estimate of drug-likeness (QED) is 0.853. The number of nitrogens with one attached hydrogen (secondary N) is 1. The number of hydrogen-bond acceptors (Lipinski definition) is 4. The van der Waals surface area contributed by atoms with E-state index in [2.05, 4.69) is 4.72 Å². The number of aryl methyl sites for hydroxylation is 3. The molecule has 6 nitrogen and oxygen atoms in total. The SMILES string of the molecule is Cc1ccc(N2CC(CNS(=O)(=O)c3ccccc3C)OCC2=O)cc1C. The molecule has 1 unspecified atom stereocenters. The van der Waals surface area contributed by atoms with Crippen LogP contribution in [0.4, 0.5) is 5.69 Å². The zero-order chi connectivity index (χ0) is 19.6. The highest BCUT2D eigenvalue weighted by atomic mass is 32.2. The highest BCUT2D eigenvalue weighted by Gasteiger charge is 2.29. The van der Waals surface area contributed by atoms with Crippen LogP contribution < -0.4 is 9.62 Å². The highest BCUT2D eigenvalue weighted by Crippen LogP contribution is 2.22. The Kier molecular flexibility index (Phi) is 5.64. The number of rotatable bonds is 5. The van der Waals surface area contributed by atoms with E-state index in [1.807, 2.05) is 32.0 Å². The van der Waals surface area contributed by atoms with Crippen LogP contribution in [0.2, 0.25) is 0 Å². The van der Waals surface area contributed by atoms with Gasteiger partial charge in [0.05, 0.1) is 17.5 Å². The molecule has 0 aliphatic carbocycles. The molecule has 7 heteroatoms. The molecule has 1 aliphatic rings. The van der Waals surface area contributed by atoms with Gasteiger partial charge in [0, 0.05) is 12.2 Å². The standard InChI is InChI=1S/C20H24N2O4S/c1-14-8-9-17(10-16(14)3)22-12-18(26-13-20(22)23)11-21-27(24,25)19-7-5-4-6-15(19)2/h4-10,18,21H,11-13H2,1-3H3. The minimum atomic E-state index is -3.63. The van der Waals surface area contributed by atoms with E-state index in [9.17, 15) is 13.2 Å². The first kappa shape index (κ1) is 19.5. The van der Waals surface area contributed by atoms with Crippen molar-refractivity contribution in [2.24, 2.45) is 0 Å². The van der Waals surface area contributed by atoms with Gasteiger partial charge in [0.25, 0.3) is 5.91 Å². The van der Waals surface area contributed by atoms with Crippen molar-refractivity contribution in [1.29, 1.82) is 0 Å². The number of carbonyl (C=O) groups is 1. The fraction of sp³-hybridized carbons (Fsp3) is 0.350. The average molecular weight is 388 g/mol. The fourth-order valence-electron chi connectivity index (χ4n) is 3.03. The fourth-order valence-corrected chi connectivity index (χ4v) is 4.34. The van der Waals surface area contributed by atoms with Crippen LogP contribution in [-0.4, -0.2) is 40.1 Å². The maximum atomic E-state index is 12.5. The molecule has 0 bridgehead atoms. The Morgan fingerprint density at radius 1 is 1.07 bits per heavy atom. The number of sulfonamides is 1. The molecule has 2 aromatic rings. The summed E-state index contributed by atoms with van der Waals surface area (Å²) in [5.41, 5.74) is 3.74. The van der Waals surface area contributed by atoms with Crippen molar-refractivity contribution >= 4 is 21.6 Å². The molecule has 0 saturated carbocycles. The van der Waals surface area contributed by atoms with Gasteiger partial charge in [-0.25, -0.2) is 13.1 Å². The van der Waals surface area contributed by atoms with Crippen molar-refractivity contribution in [2.45, 2.75) is 31.8 Å². The van der Waals surface area contributed by atoms with E-state index in [1.54, 1.807) is 36.1 Å². The van der Waals surface area contributed by atoms with Gasteiger partial charge in [0.1, 0.15) is 6.61 Å². The van der Waals surface area contributed by atoms with Crippen molar-refractivity contribution in [2.75, 3.05) is 24.6 Å². The second kappa shape index (κ2) is 7.80. The van der Waals surface area contributed by atoms with E-state index >= 15 is 0 Å². The molecule has 0 aromatic heterocycles. The molecule has 0 radical (unpaired) electrons. The minimum Gasteiger partial charge on any atom is -0.365 e. The van der Waals surface area contributed by atoms with Gasteiger partial charge < -0.3 is 9.64 Å². The Balaban J connectivity index is 1.70. The average Bonchev–Trinajstić information content (AvgIpc) is 2.64. The summed E-state index contributed by atoms with van der Waals surface area (Å²) in [5, 5.41) is 0. The van der Waals surface area contributed by atoms with Gasteiger partial charge in [-0.3, -0.25) is 4.79 Å². The molecule has 1 saturated heterocycles. The van der Waals surface area contributed by atoms with E-state index in [0.29, 0.717) is 12.1 Å². The summed E-state index contributed by atoms with van der Waals surface area (Å²) < 4.78 is 33.2. The Labute approximate surface area is 160 Å². The molecule has 1 N–H and O–H groups in total. The van der Waals surface area contributed by atoms with Crippen molar-refractivity contribution in [3.05, 3.63) is 59.2 Å². The second-order valence-corrected chi connectivity index (χ2v) is 8.56. The monoisotopic (exact) mass is 388 g/mol. The number of ether oxygens (including phenoxy) is 1. The van der Waals surface area contributed by atoms with Crippen molar-refractivity contribution in [3.63, 3.8) is 0 Å². The van der Waals surface area contributed by atoms with Crippen LogP contribution in [0.5, 0.6) is 0 Å². The summed E-state index contributed by atoms with van der Waals surface area (Å²) in [6.45, 7) is 6.11. The molecule has 1 atom stereocenters. The molecule has 144 valence electrons. The van der Waals surface area contributed by atoms with Crippen LogP contribution in [0.3, 0.4) is 0 Å². The van der Waals surface area contributed by atoms with Crippen LogP contribution in [0.25, 0.3) is 0 Å². The lowest BCUT2D eigenvalue weighted by molar-refractivity contribution is -0.129. The van der Waals surface area contributed by atoms with Gasteiger partial charge in [-0.2, -0.15) is 0 Å². The molecule has 1 amide bonds. The largest absolute Gasteiger partial charge is 0.365 e. The molecular weight excluding hydrogens is 364 g/mol. The zero-order valence-corrected chi connectivity index (χ0v) is 16.5. The van der Waals surface area contributed by atoms with Crippen LogP contribution in [0, 0.1) is 20.8 Å². The predicted molar refractivity (Wildman–Crippen MR) is 104 cm³/mol. The van der Waals surface area contributed by atoms with Crippen LogP contribution >= 0.6 is 0 Å². The zero-order valence-electron chi connectivity index (χ0n) is 15.7. The van der Waals surface area contributed by atoms with Gasteiger partial charge in [0.15, 0.2) is 0 Å². The molecular formula is C20H24N2O4S. The van der Waals surface area contributed by atoms with Crippen molar-refractivity contribution in [1.82, 2.24) is 4.72 Å². The molecule has 1 fully saturated rings. The number of hydrogen-bond donors (Lipinski definition) is 1. The second-order valence-electron chi connectivity index (χ2n) is 6.82. The van der Waals surface area contributed by atoms with Gasteiger partial charge in [0.2, 0.25) is 10.0 Å². The topological polar surface area (TPSA) is 75.7 Å². The number of morpholine rings is 1. The first-order valence-corrected chi connectivity index (χ1v) is 10.3. The Hall–Kier alpha value is -2.22. The number of benzene rings is 2. The Morgan fingerprint density at radius 3 is 2.52 bits per heavy atom. The first-order chi connectivity index (χ1) is 12.8. The molecule has 27 heavy (non-hydrogen) atoms. The predicted octanol–water partition coefficient (Wildman–Crippen LogP) is 2.32. The molecule has 2 aromatic carbocycles. The summed E-state index contributed by atoms with van der Waals surface area (Å²) in [4.78, 5) is 14.2. The summed E-state index contributed by atoms with van der Waals surface area (Å²) in [6.07, 6.45) is -0.414. The van der Waals surface area contributed by atoms with Crippen molar-refractivity contribution < 1.29 is 17.9 Å². The molecule has 1 heterocycles. The van der Waals surface area contributed by atoms with Crippen LogP contribution in [0.1, 0.15) is 16.7 Å². The lowest BCUT2D eigenvalue weighted by Gasteiger charge is -2.33. The maximum Gasteiger partial charge on any atom is 0.253 e. The molecule has 1 aliphatic heterocycles. The van der Waals surface area contributed by atoms with Gasteiger partial charge in [-0.15, -0.1) is 0 Å². The van der Waals surface area contributed by atoms with Gasteiger partial charge >= 0.3 is 0 Å². The maximum absolute atomic E-state index is 12.5. The summed E-state index contributed by atoms with van der Waals surface area (Å²) in [7, 11) is -3.63. The number of carbonyl (C=O) groups excluding carboxylic acids is 1. The van der Waals surface area contributed by atoms with E-state index in [-0.39, 0.29) is 24.0 Å². The third-order valence-electron chi connectivity index (χ3n) is 4.82.